The van der Waals surface area contributed by atoms with E-state index in [1.54, 1.807) is 6.92 Å². The summed E-state index contributed by atoms with van der Waals surface area (Å²) < 4.78 is 0. The van der Waals surface area contributed by atoms with Crippen LogP contribution in [0.15, 0.2) is 10.9 Å². The maximum atomic E-state index is 10.6. The van der Waals surface area contributed by atoms with Crippen LogP contribution in [0.5, 0.6) is 0 Å². The summed E-state index contributed by atoms with van der Waals surface area (Å²) in [7, 11) is 0. The fourth-order valence-electron chi connectivity index (χ4n) is 0.666. The fraction of sp³-hybridized carbons (Fsp3) is 0.333. The molecule has 1 rings (SSSR count). The molecule has 0 aliphatic rings. The summed E-state index contributed by atoms with van der Waals surface area (Å²) in [5.74, 6) is 0. The number of aliphatic hydroxyl groups excluding tert-OH is 1. The van der Waals surface area contributed by atoms with E-state index < -0.39 is 0 Å². The van der Waals surface area contributed by atoms with Crippen LogP contribution < -0.4 is 5.56 Å². The topological polar surface area (TPSA) is 66.0 Å². The molecule has 0 aliphatic carbocycles. The van der Waals surface area contributed by atoms with Gasteiger partial charge in [-0.05, 0) is 6.92 Å². The molecule has 0 fully saturated rings. The molecule has 0 bridgehead atoms. The Balaban J connectivity index is 3.22. The first-order chi connectivity index (χ1) is 4.74. The molecule has 4 heteroatoms. The van der Waals surface area contributed by atoms with Crippen molar-refractivity contribution in [2.75, 3.05) is 0 Å². The largest absolute Gasteiger partial charge is 0.392 e. The second kappa shape index (κ2) is 2.62. The maximum Gasteiger partial charge on any atom is 0.264 e. The van der Waals surface area contributed by atoms with Crippen LogP contribution >= 0.6 is 0 Å². The van der Waals surface area contributed by atoms with Crippen LogP contribution in [0.4, 0.5) is 0 Å². The molecular formula is C6H8N2O2. The molecule has 0 unspecified atom stereocenters. The number of nitrogens with one attached hydrogen (secondary N) is 1. The number of H-pyrrole nitrogens is 1. The van der Waals surface area contributed by atoms with Gasteiger partial charge in [-0.25, -0.2) is 5.10 Å². The average Bonchev–Trinajstić information content (AvgIpc) is 1.94. The highest BCUT2D eigenvalue weighted by Gasteiger charge is 1.96. The highest BCUT2D eigenvalue weighted by atomic mass is 16.3. The van der Waals surface area contributed by atoms with Gasteiger partial charge in [-0.3, -0.25) is 4.79 Å². The molecule has 1 aromatic heterocycles. The first-order valence-corrected chi connectivity index (χ1v) is 2.90. The van der Waals surface area contributed by atoms with E-state index in [1.165, 1.54) is 6.07 Å². The van der Waals surface area contributed by atoms with Gasteiger partial charge in [0.2, 0.25) is 0 Å². The van der Waals surface area contributed by atoms with E-state index in [2.05, 4.69) is 10.2 Å². The molecule has 2 N–H and O–H groups in total. The number of nitrogens with zero attached hydrogens (tertiary/aromatic N) is 1. The van der Waals surface area contributed by atoms with Crippen LogP contribution in [0.1, 0.15) is 11.3 Å². The van der Waals surface area contributed by atoms with Crippen LogP contribution in [-0.2, 0) is 6.61 Å². The molecule has 4 nitrogen and oxygen atoms in total. The minimum absolute atomic E-state index is 0.136. The summed E-state index contributed by atoms with van der Waals surface area (Å²) in [6.45, 7) is 1.59. The first kappa shape index (κ1) is 6.95. The maximum absolute atomic E-state index is 10.6. The lowest BCUT2D eigenvalue weighted by atomic mass is 10.2. The molecule has 0 saturated heterocycles. The summed E-state index contributed by atoms with van der Waals surface area (Å²) in [5, 5.41) is 14.6. The average molecular weight is 140 g/mol. The lowest BCUT2D eigenvalue weighted by Crippen LogP contribution is -2.10. The zero-order valence-corrected chi connectivity index (χ0v) is 5.59. The van der Waals surface area contributed by atoms with Crippen LogP contribution in [0.25, 0.3) is 0 Å². The minimum Gasteiger partial charge on any atom is -0.392 e. The minimum atomic E-state index is -0.283. The van der Waals surface area contributed by atoms with Gasteiger partial charge in [0.25, 0.3) is 5.56 Å². The van der Waals surface area contributed by atoms with E-state index in [0.29, 0.717) is 11.3 Å². The van der Waals surface area contributed by atoms with E-state index >= 15 is 0 Å². The Morgan fingerprint density at radius 2 is 2.50 bits per heavy atom. The van der Waals surface area contributed by atoms with Crippen molar-refractivity contribution >= 4 is 0 Å². The van der Waals surface area contributed by atoms with Crippen LogP contribution in [0.2, 0.25) is 0 Å². The first-order valence-electron chi connectivity index (χ1n) is 2.90. The second-order valence-corrected chi connectivity index (χ2v) is 2.00. The predicted molar refractivity (Wildman–Crippen MR) is 35.5 cm³/mol. The third-order valence-electron chi connectivity index (χ3n) is 1.27. The van der Waals surface area contributed by atoms with Crippen LogP contribution in [-0.4, -0.2) is 15.3 Å². The van der Waals surface area contributed by atoms with E-state index in [-0.39, 0.29) is 12.2 Å². The normalized spacial score (nSPS) is 9.80. The van der Waals surface area contributed by atoms with Gasteiger partial charge in [-0.1, -0.05) is 0 Å². The smallest absolute Gasteiger partial charge is 0.264 e. The van der Waals surface area contributed by atoms with Gasteiger partial charge in [0.15, 0.2) is 0 Å². The number of hydrogen-bond donors (Lipinski definition) is 2. The van der Waals surface area contributed by atoms with E-state index in [4.69, 9.17) is 5.11 Å². The van der Waals surface area contributed by atoms with Crippen molar-refractivity contribution in [3.63, 3.8) is 0 Å². The summed E-state index contributed by atoms with van der Waals surface area (Å²) in [5.41, 5.74) is 0.945. The van der Waals surface area contributed by atoms with E-state index in [9.17, 15) is 4.79 Å². The van der Waals surface area contributed by atoms with Crippen molar-refractivity contribution in [2.24, 2.45) is 0 Å². The lowest BCUT2D eigenvalue weighted by molar-refractivity contribution is 0.280. The van der Waals surface area contributed by atoms with Crippen LogP contribution in [0.3, 0.4) is 0 Å². The summed E-state index contributed by atoms with van der Waals surface area (Å²) >= 11 is 0. The molecule has 1 heterocycles. The Morgan fingerprint density at radius 1 is 1.80 bits per heavy atom. The summed E-state index contributed by atoms with van der Waals surface area (Å²) in [6.07, 6.45) is 0. The van der Waals surface area contributed by atoms with Crippen molar-refractivity contribution in [1.82, 2.24) is 10.2 Å². The molecule has 0 saturated carbocycles. The third-order valence-corrected chi connectivity index (χ3v) is 1.27. The number of aromatic amines is 1. The SMILES string of the molecule is Cc1n[nH]c(=O)cc1CO. The summed E-state index contributed by atoms with van der Waals surface area (Å²) in [6, 6.07) is 1.34. The number of aryl methyl sites for hydroxylation is 1. The van der Waals surface area contributed by atoms with E-state index in [1.807, 2.05) is 0 Å². The van der Waals surface area contributed by atoms with Crippen molar-refractivity contribution in [3.05, 3.63) is 27.7 Å². The van der Waals surface area contributed by atoms with Gasteiger partial charge < -0.3 is 5.11 Å². The second-order valence-electron chi connectivity index (χ2n) is 2.00. The van der Waals surface area contributed by atoms with Crippen molar-refractivity contribution in [1.29, 1.82) is 0 Å². The molecular weight excluding hydrogens is 132 g/mol. The molecule has 0 radical (unpaired) electrons. The lowest BCUT2D eigenvalue weighted by Gasteiger charge is -1.96. The molecule has 0 aliphatic heterocycles. The Kier molecular flexibility index (Phi) is 1.82. The van der Waals surface area contributed by atoms with Gasteiger partial charge in [-0.15, -0.1) is 0 Å². The van der Waals surface area contributed by atoms with Gasteiger partial charge in [0.05, 0.1) is 12.3 Å². The van der Waals surface area contributed by atoms with Gasteiger partial charge in [-0.2, -0.15) is 5.10 Å². The van der Waals surface area contributed by atoms with Gasteiger partial charge in [0, 0.05) is 11.6 Å². The molecule has 0 amide bonds. The highest BCUT2D eigenvalue weighted by Crippen LogP contribution is 1.97. The fourth-order valence-corrected chi connectivity index (χ4v) is 0.666. The molecule has 0 atom stereocenters. The number of aliphatic hydroxyl groups is 1. The zero-order chi connectivity index (χ0) is 7.56. The zero-order valence-electron chi connectivity index (χ0n) is 5.59. The predicted octanol–water partition coefficient (Wildman–Crippen LogP) is -0.429. The molecule has 0 spiro atoms. The number of rotatable bonds is 1. The van der Waals surface area contributed by atoms with Gasteiger partial charge in [0.1, 0.15) is 0 Å². The van der Waals surface area contributed by atoms with Crippen molar-refractivity contribution < 1.29 is 5.11 Å². The number of hydrogen-bond acceptors (Lipinski definition) is 3. The molecule has 0 aromatic carbocycles. The van der Waals surface area contributed by atoms with E-state index in [0.717, 1.165) is 0 Å². The molecule has 1 aromatic rings. The monoisotopic (exact) mass is 140 g/mol. The molecule has 10 heavy (non-hydrogen) atoms. The number of aromatic nitrogens is 2. The highest BCUT2D eigenvalue weighted by molar-refractivity contribution is 5.13. The van der Waals surface area contributed by atoms with Crippen molar-refractivity contribution in [3.8, 4) is 0 Å². The van der Waals surface area contributed by atoms with Gasteiger partial charge >= 0.3 is 0 Å². The van der Waals surface area contributed by atoms with Crippen LogP contribution in [0, 0.1) is 6.92 Å². The molecule has 54 valence electrons. The third kappa shape index (κ3) is 1.22. The quantitative estimate of drug-likeness (QED) is 0.556. The Morgan fingerprint density at radius 3 is 3.00 bits per heavy atom. The summed E-state index contributed by atoms with van der Waals surface area (Å²) in [4.78, 5) is 10.6. The Labute approximate surface area is 57.5 Å². The van der Waals surface area contributed by atoms with Crippen molar-refractivity contribution in [2.45, 2.75) is 13.5 Å². The Bertz CT molecular complexity index is 279. The standard InChI is InChI=1S/C6H8N2O2/c1-4-5(3-9)2-6(10)8-7-4/h2,9H,3H2,1H3,(H,8,10). The Hall–Kier alpha value is -1.16.